The van der Waals surface area contributed by atoms with Crippen LogP contribution in [-0.2, 0) is 11.2 Å². The van der Waals surface area contributed by atoms with Gasteiger partial charge in [-0.2, -0.15) is 0 Å². The van der Waals surface area contributed by atoms with Gasteiger partial charge in [0.05, 0.1) is 5.52 Å². The number of para-hydroxylation sites is 1. The lowest BCUT2D eigenvalue weighted by Gasteiger charge is -2.25. The Morgan fingerprint density at radius 3 is 2.90 bits per heavy atom. The molecule has 1 aliphatic carbocycles. The molecule has 1 aromatic carbocycles. The van der Waals surface area contributed by atoms with Crippen molar-refractivity contribution < 1.29 is 4.79 Å². The summed E-state index contributed by atoms with van der Waals surface area (Å²) in [5, 5.41) is 1.11. The number of carbonyl (C=O) groups excluding carboxylic acids is 1. The van der Waals surface area contributed by atoms with Gasteiger partial charge in [-0.3, -0.25) is 9.78 Å². The van der Waals surface area contributed by atoms with Gasteiger partial charge < -0.3 is 5.73 Å². The zero-order valence-corrected chi connectivity index (χ0v) is 11.6. The Kier molecular flexibility index (Phi) is 3.79. The first kappa shape index (κ1) is 13.3. The Hall–Kier alpha value is -1.74. The maximum atomic E-state index is 12.4. The fourth-order valence-electron chi connectivity index (χ4n) is 3.05. The predicted octanol–water partition coefficient (Wildman–Crippen LogP) is 2.86. The number of nitrogens with zero attached hydrogens (tertiary/aromatic N) is 1. The van der Waals surface area contributed by atoms with Crippen LogP contribution in [-0.4, -0.2) is 16.8 Å². The Balaban J connectivity index is 1.73. The van der Waals surface area contributed by atoms with Crippen molar-refractivity contribution >= 4 is 16.7 Å². The van der Waals surface area contributed by atoms with E-state index in [0.717, 1.165) is 42.3 Å². The van der Waals surface area contributed by atoms with E-state index in [2.05, 4.69) is 4.98 Å². The number of fused-ring (bicyclic) bond motifs is 1. The Labute approximate surface area is 119 Å². The van der Waals surface area contributed by atoms with Crippen LogP contribution in [0.2, 0.25) is 0 Å². The quantitative estimate of drug-likeness (QED) is 0.931. The number of aromatic nitrogens is 1. The number of carbonyl (C=O) groups is 1. The highest BCUT2D eigenvalue weighted by Crippen LogP contribution is 2.25. The molecule has 2 unspecified atom stereocenters. The van der Waals surface area contributed by atoms with E-state index >= 15 is 0 Å². The smallest absolute Gasteiger partial charge is 0.141 e. The molecule has 3 nitrogen and oxygen atoms in total. The van der Waals surface area contributed by atoms with E-state index in [0.29, 0.717) is 12.2 Å². The lowest BCUT2D eigenvalue weighted by molar-refractivity contribution is -0.123. The second-order valence-corrected chi connectivity index (χ2v) is 5.76. The average molecular weight is 268 g/mol. The third-order valence-corrected chi connectivity index (χ3v) is 4.18. The maximum absolute atomic E-state index is 12.4. The molecular weight excluding hydrogens is 248 g/mol. The molecule has 2 atom stereocenters. The van der Waals surface area contributed by atoms with E-state index in [1.165, 1.54) is 0 Å². The summed E-state index contributed by atoms with van der Waals surface area (Å²) in [4.78, 5) is 16.9. The highest BCUT2D eigenvalue weighted by atomic mass is 16.1. The number of hydrogen-bond acceptors (Lipinski definition) is 3. The van der Waals surface area contributed by atoms with Gasteiger partial charge in [-0.25, -0.2) is 0 Å². The molecule has 0 saturated heterocycles. The molecule has 20 heavy (non-hydrogen) atoms. The third-order valence-electron chi connectivity index (χ3n) is 4.18. The molecule has 3 rings (SSSR count). The van der Waals surface area contributed by atoms with Gasteiger partial charge in [0, 0.05) is 29.5 Å². The summed E-state index contributed by atoms with van der Waals surface area (Å²) in [5.74, 6) is 0.426. The number of rotatable bonds is 3. The summed E-state index contributed by atoms with van der Waals surface area (Å²) in [6, 6.07) is 12.2. The molecule has 0 bridgehead atoms. The van der Waals surface area contributed by atoms with Crippen LogP contribution < -0.4 is 5.73 Å². The van der Waals surface area contributed by atoms with Crippen molar-refractivity contribution in [1.29, 1.82) is 0 Å². The Morgan fingerprint density at radius 1 is 1.20 bits per heavy atom. The monoisotopic (exact) mass is 268 g/mol. The minimum absolute atomic E-state index is 0.132. The molecular formula is C17H20N2O. The van der Waals surface area contributed by atoms with Crippen LogP contribution in [0, 0.1) is 5.92 Å². The van der Waals surface area contributed by atoms with Crippen molar-refractivity contribution in [2.75, 3.05) is 0 Å². The maximum Gasteiger partial charge on any atom is 0.141 e. The molecule has 1 aromatic heterocycles. The summed E-state index contributed by atoms with van der Waals surface area (Å²) < 4.78 is 0. The van der Waals surface area contributed by atoms with Crippen molar-refractivity contribution in [2.45, 2.75) is 38.1 Å². The molecule has 104 valence electrons. The lowest BCUT2D eigenvalue weighted by atomic mass is 9.82. The van der Waals surface area contributed by atoms with E-state index in [9.17, 15) is 4.79 Å². The summed E-state index contributed by atoms with van der Waals surface area (Å²) in [6.07, 6.45) is 4.38. The standard InChI is InChI=1S/C17H20N2O/c18-14-6-3-5-13(10-14)17(20)11-15-9-8-12-4-1-2-7-16(12)19-15/h1-2,4,7-9,13-14H,3,5-6,10-11,18H2. The van der Waals surface area contributed by atoms with Gasteiger partial charge in [-0.05, 0) is 31.4 Å². The van der Waals surface area contributed by atoms with Gasteiger partial charge in [0.15, 0.2) is 0 Å². The minimum atomic E-state index is 0.132. The van der Waals surface area contributed by atoms with E-state index in [1.54, 1.807) is 0 Å². The van der Waals surface area contributed by atoms with Crippen molar-refractivity contribution in [3.63, 3.8) is 0 Å². The van der Waals surface area contributed by atoms with E-state index in [-0.39, 0.29) is 12.0 Å². The number of pyridine rings is 1. The molecule has 1 saturated carbocycles. The van der Waals surface area contributed by atoms with E-state index in [4.69, 9.17) is 5.73 Å². The van der Waals surface area contributed by atoms with E-state index < -0.39 is 0 Å². The number of nitrogens with two attached hydrogens (primary N) is 1. The van der Waals surface area contributed by atoms with Crippen LogP contribution in [0.15, 0.2) is 36.4 Å². The zero-order valence-electron chi connectivity index (χ0n) is 11.6. The molecule has 0 spiro atoms. The number of benzene rings is 1. The van der Waals surface area contributed by atoms with Crippen LogP contribution in [0.5, 0.6) is 0 Å². The van der Waals surface area contributed by atoms with Crippen molar-refractivity contribution in [3.8, 4) is 0 Å². The Bertz CT molecular complexity index is 623. The summed E-state index contributed by atoms with van der Waals surface area (Å²) in [5.41, 5.74) is 7.79. The predicted molar refractivity (Wildman–Crippen MR) is 80.4 cm³/mol. The first-order chi connectivity index (χ1) is 9.72. The molecule has 1 heterocycles. The Morgan fingerprint density at radius 2 is 2.05 bits per heavy atom. The van der Waals surface area contributed by atoms with Gasteiger partial charge in [0.1, 0.15) is 5.78 Å². The van der Waals surface area contributed by atoms with E-state index in [1.807, 2.05) is 36.4 Å². The largest absolute Gasteiger partial charge is 0.328 e. The van der Waals surface area contributed by atoms with Gasteiger partial charge in [0.25, 0.3) is 0 Å². The lowest BCUT2D eigenvalue weighted by Crippen LogP contribution is -2.32. The van der Waals surface area contributed by atoms with Crippen LogP contribution in [0.3, 0.4) is 0 Å². The van der Waals surface area contributed by atoms with Crippen LogP contribution >= 0.6 is 0 Å². The molecule has 0 radical (unpaired) electrons. The molecule has 1 aliphatic rings. The third kappa shape index (κ3) is 2.88. The topological polar surface area (TPSA) is 56.0 Å². The first-order valence-corrected chi connectivity index (χ1v) is 7.35. The number of hydrogen-bond donors (Lipinski definition) is 1. The summed E-state index contributed by atoms with van der Waals surface area (Å²) >= 11 is 0. The van der Waals surface area contributed by atoms with Crippen LogP contribution in [0.1, 0.15) is 31.4 Å². The van der Waals surface area contributed by atoms with Crippen LogP contribution in [0.4, 0.5) is 0 Å². The highest BCUT2D eigenvalue weighted by Gasteiger charge is 2.25. The van der Waals surface area contributed by atoms with Gasteiger partial charge in [0.2, 0.25) is 0 Å². The van der Waals surface area contributed by atoms with Gasteiger partial charge in [-0.15, -0.1) is 0 Å². The zero-order chi connectivity index (χ0) is 13.9. The summed E-state index contributed by atoms with van der Waals surface area (Å²) in [7, 11) is 0. The van der Waals surface area contributed by atoms with Crippen molar-refractivity contribution in [1.82, 2.24) is 4.98 Å². The molecule has 0 amide bonds. The second-order valence-electron chi connectivity index (χ2n) is 5.76. The SMILES string of the molecule is NC1CCCC(C(=O)Cc2ccc3ccccc3n2)C1. The second kappa shape index (κ2) is 5.71. The molecule has 2 aromatic rings. The highest BCUT2D eigenvalue weighted by molar-refractivity contribution is 5.84. The van der Waals surface area contributed by atoms with Crippen LogP contribution in [0.25, 0.3) is 10.9 Å². The molecule has 3 heteroatoms. The molecule has 0 aliphatic heterocycles. The molecule has 2 N–H and O–H groups in total. The normalized spacial score (nSPS) is 22.9. The van der Waals surface area contributed by atoms with Crippen molar-refractivity contribution in [3.05, 3.63) is 42.1 Å². The minimum Gasteiger partial charge on any atom is -0.328 e. The fourth-order valence-corrected chi connectivity index (χ4v) is 3.05. The fraction of sp³-hybridized carbons (Fsp3) is 0.412. The molecule has 1 fully saturated rings. The number of ketones is 1. The van der Waals surface area contributed by atoms with Gasteiger partial charge >= 0.3 is 0 Å². The number of Topliss-reactive ketones (excluding diaryl/α,β-unsaturated/α-hetero) is 1. The summed E-state index contributed by atoms with van der Waals surface area (Å²) in [6.45, 7) is 0. The van der Waals surface area contributed by atoms with Gasteiger partial charge in [-0.1, -0.05) is 30.7 Å². The first-order valence-electron chi connectivity index (χ1n) is 7.35. The average Bonchev–Trinajstić information content (AvgIpc) is 2.47. The van der Waals surface area contributed by atoms with Crippen molar-refractivity contribution in [2.24, 2.45) is 11.7 Å².